The topological polar surface area (TPSA) is 71.3 Å². The Hall–Kier alpha value is -1.63. The fourth-order valence-electron chi connectivity index (χ4n) is 3.36. The van der Waals surface area contributed by atoms with Crippen molar-refractivity contribution in [1.82, 2.24) is 20.4 Å². The molecule has 1 aromatic heterocycles. The van der Waals surface area contributed by atoms with E-state index in [4.69, 9.17) is 27.6 Å². The molecule has 2 heterocycles. The van der Waals surface area contributed by atoms with Crippen LogP contribution >= 0.6 is 23.2 Å². The fraction of sp³-hybridized carbons (Fsp3) is 0.550. The molecular formula is C20H26Cl2N4O2. The SMILES string of the molecule is CCCCCNC(=O)C1CCN(Cc2nnc(-c3ccc(Cl)cc3Cl)o2)CC1. The number of hydrogen-bond donors (Lipinski definition) is 1. The summed E-state index contributed by atoms with van der Waals surface area (Å²) in [6, 6.07) is 5.16. The van der Waals surface area contributed by atoms with E-state index in [1.807, 2.05) is 0 Å². The Morgan fingerprint density at radius 2 is 2.04 bits per heavy atom. The summed E-state index contributed by atoms with van der Waals surface area (Å²) in [7, 11) is 0. The minimum Gasteiger partial charge on any atom is -0.419 e. The maximum absolute atomic E-state index is 12.2. The number of nitrogens with zero attached hydrogens (tertiary/aromatic N) is 3. The predicted molar refractivity (Wildman–Crippen MR) is 110 cm³/mol. The third-order valence-electron chi connectivity index (χ3n) is 5.03. The van der Waals surface area contributed by atoms with E-state index in [1.54, 1.807) is 18.2 Å². The Morgan fingerprint density at radius 3 is 2.75 bits per heavy atom. The average molecular weight is 425 g/mol. The molecule has 0 aliphatic carbocycles. The highest BCUT2D eigenvalue weighted by atomic mass is 35.5. The van der Waals surface area contributed by atoms with Gasteiger partial charge in [-0.15, -0.1) is 10.2 Å². The lowest BCUT2D eigenvalue weighted by atomic mass is 9.96. The molecular weight excluding hydrogens is 399 g/mol. The van der Waals surface area contributed by atoms with E-state index in [1.165, 1.54) is 0 Å². The van der Waals surface area contributed by atoms with Crippen molar-refractivity contribution >= 4 is 29.1 Å². The molecule has 28 heavy (non-hydrogen) atoms. The average Bonchev–Trinajstić information content (AvgIpc) is 3.14. The van der Waals surface area contributed by atoms with E-state index in [0.29, 0.717) is 33.9 Å². The molecule has 0 unspecified atom stereocenters. The normalized spacial score (nSPS) is 15.7. The van der Waals surface area contributed by atoms with Crippen LogP contribution in [0, 0.1) is 5.92 Å². The fourth-order valence-corrected chi connectivity index (χ4v) is 3.85. The lowest BCUT2D eigenvalue weighted by molar-refractivity contribution is -0.126. The largest absolute Gasteiger partial charge is 0.419 e. The number of likely N-dealkylation sites (tertiary alicyclic amines) is 1. The molecule has 0 spiro atoms. The smallest absolute Gasteiger partial charge is 0.249 e. The molecule has 1 N–H and O–H groups in total. The summed E-state index contributed by atoms with van der Waals surface area (Å²) < 4.78 is 5.77. The van der Waals surface area contributed by atoms with Gasteiger partial charge in [-0.1, -0.05) is 43.0 Å². The summed E-state index contributed by atoms with van der Waals surface area (Å²) in [4.78, 5) is 14.5. The summed E-state index contributed by atoms with van der Waals surface area (Å²) in [6.07, 6.45) is 5.08. The number of rotatable bonds is 8. The van der Waals surface area contributed by atoms with Crippen molar-refractivity contribution in [2.45, 2.75) is 45.6 Å². The van der Waals surface area contributed by atoms with Crippen LogP contribution in [0.15, 0.2) is 22.6 Å². The number of carbonyl (C=O) groups is 1. The Morgan fingerprint density at radius 1 is 1.25 bits per heavy atom. The third kappa shape index (κ3) is 5.69. The zero-order chi connectivity index (χ0) is 19.9. The molecule has 1 aliphatic rings. The first-order chi connectivity index (χ1) is 13.6. The van der Waals surface area contributed by atoms with Crippen molar-refractivity contribution in [3.8, 4) is 11.5 Å². The van der Waals surface area contributed by atoms with Gasteiger partial charge in [-0.2, -0.15) is 0 Å². The van der Waals surface area contributed by atoms with Crippen LogP contribution in [0.1, 0.15) is 44.9 Å². The van der Waals surface area contributed by atoms with Crippen molar-refractivity contribution < 1.29 is 9.21 Å². The second-order valence-corrected chi connectivity index (χ2v) is 8.02. The van der Waals surface area contributed by atoms with Crippen LogP contribution < -0.4 is 5.32 Å². The Bertz CT molecular complexity index is 788. The van der Waals surface area contributed by atoms with E-state index in [0.717, 1.165) is 51.7 Å². The highest BCUT2D eigenvalue weighted by Gasteiger charge is 2.25. The number of hydrogen-bond acceptors (Lipinski definition) is 5. The van der Waals surface area contributed by atoms with Crippen LogP contribution in [0.2, 0.25) is 10.0 Å². The first-order valence-electron chi connectivity index (χ1n) is 9.84. The number of benzene rings is 1. The van der Waals surface area contributed by atoms with Gasteiger partial charge in [0.15, 0.2) is 0 Å². The van der Waals surface area contributed by atoms with Gasteiger partial charge >= 0.3 is 0 Å². The molecule has 1 saturated heterocycles. The zero-order valence-electron chi connectivity index (χ0n) is 16.1. The summed E-state index contributed by atoms with van der Waals surface area (Å²) >= 11 is 12.1. The van der Waals surface area contributed by atoms with Crippen molar-refractivity contribution in [1.29, 1.82) is 0 Å². The number of unbranched alkanes of at least 4 members (excludes halogenated alkanes) is 2. The first kappa shape index (κ1) is 21.1. The van der Waals surface area contributed by atoms with Gasteiger partial charge in [0.1, 0.15) is 0 Å². The number of piperidine rings is 1. The number of amides is 1. The van der Waals surface area contributed by atoms with Crippen LogP contribution in [0.4, 0.5) is 0 Å². The van der Waals surface area contributed by atoms with Crippen LogP contribution in [0.3, 0.4) is 0 Å². The quantitative estimate of drug-likeness (QED) is 0.628. The standard InChI is InChI=1S/C20H26Cl2N4O2/c1-2-3-4-9-23-19(27)14-7-10-26(11-8-14)13-18-24-25-20(28-18)16-6-5-15(21)12-17(16)22/h5-6,12,14H,2-4,7-11,13H2,1H3,(H,23,27). The Labute approximate surface area is 175 Å². The van der Waals surface area contributed by atoms with Gasteiger partial charge in [0, 0.05) is 17.5 Å². The highest BCUT2D eigenvalue weighted by molar-refractivity contribution is 6.36. The monoisotopic (exact) mass is 424 g/mol. The van der Waals surface area contributed by atoms with Crippen LogP contribution in [-0.2, 0) is 11.3 Å². The summed E-state index contributed by atoms with van der Waals surface area (Å²) in [6.45, 7) is 5.20. The molecule has 1 amide bonds. The van der Waals surface area contributed by atoms with Gasteiger partial charge in [-0.25, -0.2) is 0 Å². The molecule has 6 nitrogen and oxygen atoms in total. The van der Waals surface area contributed by atoms with Crippen LogP contribution in [0.25, 0.3) is 11.5 Å². The van der Waals surface area contributed by atoms with Crippen molar-refractivity contribution in [2.75, 3.05) is 19.6 Å². The number of aromatic nitrogens is 2. The maximum atomic E-state index is 12.2. The van der Waals surface area contributed by atoms with E-state index < -0.39 is 0 Å². The second kappa shape index (κ2) is 10.2. The van der Waals surface area contributed by atoms with Gasteiger partial charge in [0.05, 0.1) is 17.1 Å². The van der Waals surface area contributed by atoms with Gasteiger partial charge < -0.3 is 9.73 Å². The van der Waals surface area contributed by atoms with Crippen molar-refractivity contribution in [3.05, 3.63) is 34.1 Å². The molecule has 0 saturated carbocycles. The van der Waals surface area contributed by atoms with E-state index in [-0.39, 0.29) is 11.8 Å². The van der Waals surface area contributed by atoms with Crippen LogP contribution in [-0.4, -0.2) is 40.6 Å². The predicted octanol–water partition coefficient (Wildman–Crippen LogP) is 4.56. The van der Waals surface area contributed by atoms with Gasteiger partial charge in [0.2, 0.25) is 17.7 Å². The maximum Gasteiger partial charge on any atom is 0.249 e. The Kier molecular flexibility index (Phi) is 7.71. The molecule has 152 valence electrons. The molecule has 0 bridgehead atoms. The zero-order valence-corrected chi connectivity index (χ0v) is 17.6. The third-order valence-corrected chi connectivity index (χ3v) is 5.57. The lowest BCUT2D eigenvalue weighted by Gasteiger charge is -2.30. The van der Waals surface area contributed by atoms with Crippen LogP contribution in [0.5, 0.6) is 0 Å². The van der Waals surface area contributed by atoms with E-state index in [9.17, 15) is 4.79 Å². The molecule has 3 rings (SSSR count). The van der Waals surface area contributed by atoms with E-state index in [2.05, 4.69) is 27.3 Å². The summed E-state index contributed by atoms with van der Waals surface area (Å²) in [5, 5.41) is 12.3. The summed E-state index contributed by atoms with van der Waals surface area (Å²) in [5.74, 6) is 1.22. The lowest BCUT2D eigenvalue weighted by Crippen LogP contribution is -2.40. The molecule has 0 atom stereocenters. The molecule has 1 aromatic carbocycles. The van der Waals surface area contributed by atoms with Crippen molar-refractivity contribution in [3.63, 3.8) is 0 Å². The minimum atomic E-state index is 0.101. The number of halogens is 2. The number of nitrogens with one attached hydrogen (secondary N) is 1. The molecule has 1 fully saturated rings. The number of carbonyl (C=O) groups excluding carboxylic acids is 1. The minimum absolute atomic E-state index is 0.101. The van der Waals surface area contributed by atoms with Gasteiger partial charge in [-0.3, -0.25) is 9.69 Å². The second-order valence-electron chi connectivity index (χ2n) is 7.17. The first-order valence-corrected chi connectivity index (χ1v) is 10.6. The Balaban J connectivity index is 1.47. The van der Waals surface area contributed by atoms with Crippen molar-refractivity contribution in [2.24, 2.45) is 5.92 Å². The summed E-state index contributed by atoms with van der Waals surface area (Å²) in [5.41, 5.74) is 0.670. The highest BCUT2D eigenvalue weighted by Crippen LogP contribution is 2.29. The molecule has 8 heteroatoms. The molecule has 2 aromatic rings. The van der Waals surface area contributed by atoms with Gasteiger partial charge in [0.25, 0.3) is 0 Å². The molecule has 1 aliphatic heterocycles. The van der Waals surface area contributed by atoms with Gasteiger partial charge in [-0.05, 0) is 50.6 Å². The molecule has 0 radical (unpaired) electrons. The van der Waals surface area contributed by atoms with E-state index >= 15 is 0 Å².